The molecule has 5 aromatic carbocycles. The first-order valence-corrected chi connectivity index (χ1v) is 25.7. The number of aliphatic hydroxyl groups excluding tert-OH is 1. The largest absolute Gasteiger partial charge is 0.493 e. The Morgan fingerprint density at radius 3 is 2.13 bits per heavy atom. The molecule has 9 rings (SSSR count). The number of anilines is 3. The van der Waals surface area contributed by atoms with Crippen LogP contribution in [0.25, 0.3) is 0 Å². The van der Waals surface area contributed by atoms with E-state index in [1.807, 2.05) is 105 Å². The average molecular weight is 955 g/mol. The maximum absolute atomic E-state index is 14.1. The van der Waals surface area contributed by atoms with Crippen molar-refractivity contribution in [1.82, 2.24) is 5.32 Å². The number of rotatable bonds is 16. The zero-order chi connectivity index (χ0) is 47.7. The standard InChI is InChI=1S/C54H58N4O8S2/c1-32-19-41-38(25-46(59)45-24-37-12-7-9-14-44(37)58(45)53(41)63)27-47(32)65-30-33-20-34(22-39(21-33)56-51(61)29-54(2,3)68-67-18-10-15-50(60)55-4)31-66-49-26-35-16-17-40-23-36-11-6-8-13-43(36)57(40)52(62)42(35)28-48(49)64-5/h6-9,11-14,19-22,26-28,40,45-46,59H,10,15-18,23-25,29-31H2,1-5H3,(H,55,60)(H,56,61)/t40-,45+,46?/m1/s1. The summed E-state index contributed by atoms with van der Waals surface area (Å²) in [5, 5.41) is 17.2. The molecular formula is C54H58N4O8S2. The maximum Gasteiger partial charge on any atom is 0.258 e. The highest BCUT2D eigenvalue weighted by Gasteiger charge is 2.42. The van der Waals surface area contributed by atoms with Gasteiger partial charge in [0.2, 0.25) is 11.8 Å². The zero-order valence-electron chi connectivity index (χ0n) is 39.2. The Labute approximate surface area is 405 Å². The summed E-state index contributed by atoms with van der Waals surface area (Å²) in [6.07, 6.45) is 3.99. The van der Waals surface area contributed by atoms with Crippen molar-refractivity contribution >= 4 is 62.3 Å². The first-order chi connectivity index (χ1) is 32.8. The number of carbonyl (C=O) groups excluding carboxylic acids is 4. The molecule has 0 aliphatic carbocycles. The molecular weight excluding hydrogens is 897 g/mol. The van der Waals surface area contributed by atoms with Crippen molar-refractivity contribution in [2.75, 3.05) is 35.0 Å². The minimum absolute atomic E-state index is 0.0176. The van der Waals surface area contributed by atoms with E-state index >= 15 is 0 Å². The van der Waals surface area contributed by atoms with Crippen LogP contribution in [0.5, 0.6) is 17.2 Å². The van der Waals surface area contributed by atoms with Crippen LogP contribution in [0.1, 0.15) is 99.2 Å². The summed E-state index contributed by atoms with van der Waals surface area (Å²) >= 11 is 0. The molecule has 0 saturated heterocycles. The number of amides is 4. The molecule has 3 atom stereocenters. The molecule has 0 aromatic heterocycles. The average Bonchev–Trinajstić information content (AvgIpc) is 3.84. The number of benzene rings is 5. The number of aryl methyl sites for hydroxylation is 2. The molecule has 1 unspecified atom stereocenters. The number of methoxy groups -OCH3 is 1. The van der Waals surface area contributed by atoms with Crippen LogP contribution in [0.3, 0.4) is 0 Å². The van der Waals surface area contributed by atoms with E-state index in [4.69, 9.17) is 14.2 Å². The lowest BCUT2D eigenvalue weighted by atomic mass is 9.96. The van der Waals surface area contributed by atoms with Crippen molar-refractivity contribution in [2.24, 2.45) is 0 Å². The molecule has 5 aromatic rings. The fourth-order valence-electron chi connectivity index (χ4n) is 9.99. The second kappa shape index (κ2) is 19.9. The lowest BCUT2D eigenvalue weighted by molar-refractivity contribution is -0.120. The van der Waals surface area contributed by atoms with Gasteiger partial charge in [0.15, 0.2) is 11.5 Å². The topological polar surface area (TPSA) is 147 Å². The predicted molar refractivity (Wildman–Crippen MR) is 269 cm³/mol. The van der Waals surface area contributed by atoms with Gasteiger partial charge in [0, 0.05) is 71.0 Å². The summed E-state index contributed by atoms with van der Waals surface area (Å²) in [5.74, 6) is 2.07. The number of fused-ring (bicyclic) bond motifs is 8. The predicted octanol–water partition coefficient (Wildman–Crippen LogP) is 9.18. The van der Waals surface area contributed by atoms with E-state index in [0.717, 1.165) is 69.8 Å². The van der Waals surface area contributed by atoms with E-state index in [2.05, 4.69) is 16.7 Å². The third kappa shape index (κ3) is 9.95. The number of carbonyl (C=O) groups is 4. The molecule has 68 heavy (non-hydrogen) atoms. The molecule has 12 nitrogen and oxygen atoms in total. The molecule has 0 bridgehead atoms. The number of ether oxygens (including phenoxy) is 3. The molecule has 354 valence electrons. The molecule has 4 heterocycles. The fourth-order valence-corrected chi connectivity index (χ4v) is 12.6. The highest BCUT2D eigenvalue weighted by molar-refractivity contribution is 8.77. The zero-order valence-corrected chi connectivity index (χ0v) is 40.8. The van der Waals surface area contributed by atoms with Crippen molar-refractivity contribution in [3.63, 3.8) is 0 Å². The van der Waals surface area contributed by atoms with Crippen molar-refractivity contribution in [3.05, 3.63) is 141 Å². The lowest BCUT2D eigenvalue weighted by Crippen LogP contribution is -2.43. The highest BCUT2D eigenvalue weighted by atomic mass is 33.1. The van der Waals surface area contributed by atoms with E-state index in [1.54, 1.807) is 46.7 Å². The van der Waals surface area contributed by atoms with Gasteiger partial charge in [0.1, 0.15) is 19.0 Å². The Morgan fingerprint density at radius 2 is 1.41 bits per heavy atom. The lowest BCUT2D eigenvalue weighted by Gasteiger charge is -2.26. The summed E-state index contributed by atoms with van der Waals surface area (Å²) in [4.78, 5) is 57.3. The van der Waals surface area contributed by atoms with Crippen molar-refractivity contribution in [3.8, 4) is 17.2 Å². The number of hydrogen-bond donors (Lipinski definition) is 3. The monoisotopic (exact) mass is 954 g/mol. The SMILES string of the molecule is CNC(=O)CCCSSC(C)(C)CC(=O)Nc1cc(COc2cc3c(cc2C)C(=O)N2c4ccccc4C[C@H]2C(O)C3)cc(COc2cc3c(cc2OC)C(=O)N2c4ccccc4C[C@H]2CC3)c1. The van der Waals surface area contributed by atoms with Crippen LogP contribution < -0.4 is 34.6 Å². The van der Waals surface area contributed by atoms with Crippen LogP contribution >= 0.6 is 21.6 Å². The number of para-hydroxylation sites is 2. The summed E-state index contributed by atoms with van der Waals surface area (Å²) in [5.41, 5.74) is 9.80. The van der Waals surface area contributed by atoms with E-state index in [9.17, 15) is 24.3 Å². The summed E-state index contributed by atoms with van der Waals surface area (Å²) < 4.78 is 18.5. The van der Waals surface area contributed by atoms with E-state index in [1.165, 1.54) is 5.56 Å². The smallest absolute Gasteiger partial charge is 0.258 e. The number of nitrogens with one attached hydrogen (secondary N) is 2. The van der Waals surface area contributed by atoms with E-state index in [-0.39, 0.29) is 60.1 Å². The van der Waals surface area contributed by atoms with Gasteiger partial charge < -0.3 is 39.8 Å². The minimum atomic E-state index is -0.754. The van der Waals surface area contributed by atoms with Gasteiger partial charge in [-0.1, -0.05) is 58.0 Å². The third-order valence-corrected chi connectivity index (χ3v) is 16.7. The second-order valence-corrected chi connectivity index (χ2v) is 21.9. The van der Waals surface area contributed by atoms with E-state index in [0.29, 0.717) is 59.7 Å². The van der Waals surface area contributed by atoms with Crippen LogP contribution in [-0.2, 0) is 48.5 Å². The first kappa shape index (κ1) is 47.1. The quantitative estimate of drug-likeness (QED) is 0.0647. The fraction of sp³-hybridized carbons (Fsp3) is 0.370. The van der Waals surface area contributed by atoms with Crippen molar-refractivity contribution in [1.29, 1.82) is 0 Å². The van der Waals surface area contributed by atoms with Gasteiger partial charge in [0.05, 0.1) is 19.3 Å². The Bertz CT molecular complexity index is 2780. The highest BCUT2D eigenvalue weighted by Crippen LogP contribution is 2.43. The van der Waals surface area contributed by atoms with Gasteiger partial charge in [-0.3, -0.25) is 19.2 Å². The molecule has 0 spiro atoms. The van der Waals surface area contributed by atoms with Crippen LogP contribution in [-0.4, -0.2) is 71.6 Å². The molecule has 4 aliphatic rings. The van der Waals surface area contributed by atoms with Gasteiger partial charge in [-0.15, -0.1) is 0 Å². The minimum Gasteiger partial charge on any atom is -0.493 e. The van der Waals surface area contributed by atoms with Crippen LogP contribution in [0, 0.1) is 6.92 Å². The van der Waals surface area contributed by atoms with Gasteiger partial charge in [-0.2, -0.15) is 0 Å². The number of aliphatic hydroxyl groups is 1. The van der Waals surface area contributed by atoms with Crippen molar-refractivity contribution in [2.45, 2.75) is 108 Å². The molecule has 0 radical (unpaired) electrons. The molecule has 4 amide bonds. The summed E-state index contributed by atoms with van der Waals surface area (Å²) in [7, 11) is 6.50. The normalized spacial score (nSPS) is 18.0. The Hall–Kier alpha value is -5.96. The van der Waals surface area contributed by atoms with Gasteiger partial charge in [-0.05, 0) is 146 Å². The Balaban J connectivity index is 0.943. The maximum atomic E-state index is 14.1. The summed E-state index contributed by atoms with van der Waals surface area (Å²) in [6.45, 7) is 6.27. The van der Waals surface area contributed by atoms with E-state index < -0.39 is 6.10 Å². The van der Waals surface area contributed by atoms with Crippen LogP contribution in [0.2, 0.25) is 0 Å². The summed E-state index contributed by atoms with van der Waals surface area (Å²) in [6, 6.07) is 28.9. The number of hydrogen-bond acceptors (Lipinski definition) is 10. The van der Waals surface area contributed by atoms with Crippen molar-refractivity contribution < 1.29 is 38.5 Å². The Kier molecular flexibility index (Phi) is 13.8. The second-order valence-electron chi connectivity index (χ2n) is 18.8. The molecule has 0 saturated carbocycles. The Morgan fingerprint density at radius 1 is 0.765 bits per heavy atom. The van der Waals surface area contributed by atoms with Gasteiger partial charge in [0.25, 0.3) is 11.8 Å². The number of nitrogens with zero attached hydrogens (tertiary/aromatic N) is 2. The van der Waals surface area contributed by atoms with Crippen LogP contribution in [0.15, 0.2) is 91.0 Å². The van der Waals surface area contributed by atoms with Gasteiger partial charge in [-0.25, -0.2) is 0 Å². The molecule has 0 fully saturated rings. The first-order valence-electron chi connectivity index (χ1n) is 23.3. The van der Waals surface area contributed by atoms with Crippen LogP contribution in [0.4, 0.5) is 17.1 Å². The third-order valence-electron chi connectivity index (χ3n) is 13.3. The molecule has 4 aliphatic heterocycles. The van der Waals surface area contributed by atoms with Gasteiger partial charge >= 0.3 is 0 Å². The molecule has 14 heteroatoms. The molecule has 3 N–H and O–H groups in total.